The smallest absolute Gasteiger partial charge is 0.281 e. The van der Waals surface area contributed by atoms with Crippen LogP contribution in [0.5, 0.6) is 0 Å². The second-order valence-corrected chi connectivity index (χ2v) is 8.44. The van der Waals surface area contributed by atoms with E-state index in [0.29, 0.717) is 27.4 Å². The van der Waals surface area contributed by atoms with E-state index in [4.69, 9.17) is 23.8 Å². The highest BCUT2D eigenvalue weighted by molar-refractivity contribution is 7.80. The number of hydrogen-bond donors (Lipinski definition) is 0. The Hall–Kier alpha value is -2.63. The van der Waals surface area contributed by atoms with Crippen molar-refractivity contribution in [1.82, 2.24) is 9.47 Å². The molecule has 0 N–H and O–H groups in total. The highest BCUT2D eigenvalue weighted by Crippen LogP contribution is 2.31. The van der Waals surface area contributed by atoms with Gasteiger partial charge in [0.15, 0.2) is 5.11 Å². The summed E-state index contributed by atoms with van der Waals surface area (Å²) in [6, 6.07) is 15.4. The van der Waals surface area contributed by atoms with Crippen LogP contribution in [0.2, 0.25) is 5.02 Å². The topological polar surface area (TPSA) is 28.5 Å². The molecule has 0 atom stereocenters. The number of carbonyl (C=O) groups excluding carboxylic acids is 1. The van der Waals surface area contributed by atoms with Gasteiger partial charge in [0.2, 0.25) is 0 Å². The molecule has 1 aliphatic heterocycles. The third-order valence-corrected chi connectivity index (χ3v) is 5.73. The van der Waals surface area contributed by atoms with Crippen LogP contribution in [-0.4, -0.2) is 27.5 Å². The van der Waals surface area contributed by atoms with Crippen LogP contribution >= 0.6 is 23.8 Å². The second kappa shape index (κ2) is 7.65. The van der Waals surface area contributed by atoms with Gasteiger partial charge in [-0.2, -0.15) is 0 Å². The number of anilines is 1. The molecule has 0 bridgehead atoms. The Morgan fingerprint density at radius 1 is 1.10 bits per heavy atom. The number of thiocarbonyl (C=S) groups is 1. The van der Waals surface area contributed by atoms with Crippen molar-refractivity contribution in [2.75, 3.05) is 11.9 Å². The van der Waals surface area contributed by atoms with Crippen LogP contribution in [0.15, 0.2) is 60.4 Å². The lowest BCUT2D eigenvalue weighted by Gasteiger charge is -2.16. The van der Waals surface area contributed by atoms with Crippen molar-refractivity contribution in [1.29, 1.82) is 0 Å². The molecule has 0 spiro atoms. The Labute approximate surface area is 181 Å². The zero-order valence-electron chi connectivity index (χ0n) is 16.6. The van der Waals surface area contributed by atoms with Crippen molar-refractivity contribution >= 4 is 57.5 Å². The maximum atomic E-state index is 13.2. The molecule has 1 aromatic heterocycles. The Bertz CT molecular complexity index is 1130. The van der Waals surface area contributed by atoms with Crippen molar-refractivity contribution in [2.45, 2.75) is 20.4 Å². The molecular weight excluding hydrogens is 402 g/mol. The van der Waals surface area contributed by atoms with Crippen molar-refractivity contribution in [3.63, 3.8) is 0 Å². The molecule has 1 aliphatic rings. The van der Waals surface area contributed by atoms with Gasteiger partial charge < -0.3 is 9.47 Å². The largest absolute Gasteiger partial charge is 0.347 e. The van der Waals surface area contributed by atoms with Crippen LogP contribution in [-0.2, 0) is 11.3 Å². The number of rotatable bonds is 4. The zero-order valence-corrected chi connectivity index (χ0v) is 18.2. The van der Waals surface area contributed by atoms with Crippen molar-refractivity contribution in [3.05, 3.63) is 71.0 Å². The third-order valence-electron chi connectivity index (χ3n) is 5.02. The summed E-state index contributed by atoms with van der Waals surface area (Å²) >= 11 is 11.5. The molecule has 2 heterocycles. The van der Waals surface area contributed by atoms with Crippen LogP contribution in [0.3, 0.4) is 0 Å². The van der Waals surface area contributed by atoms with E-state index in [0.717, 1.165) is 17.5 Å². The summed E-state index contributed by atoms with van der Waals surface area (Å²) in [6.45, 7) is 5.32. The highest BCUT2D eigenvalue weighted by Gasteiger charge is 2.36. The Kier molecular flexibility index (Phi) is 5.19. The molecule has 1 fully saturated rings. The summed E-state index contributed by atoms with van der Waals surface area (Å²) in [6.07, 6.45) is 4.05. The molecule has 2 aromatic carbocycles. The number of para-hydroxylation sites is 1. The van der Waals surface area contributed by atoms with Gasteiger partial charge >= 0.3 is 0 Å². The number of amides is 1. The monoisotopic (exact) mass is 423 g/mol. The minimum Gasteiger partial charge on any atom is -0.347 e. The predicted octanol–water partition coefficient (Wildman–Crippen LogP) is 5.56. The van der Waals surface area contributed by atoms with Gasteiger partial charge in [-0.3, -0.25) is 9.69 Å². The van der Waals surface area contributed by atoms with Crippen LogP contribution in [0.4, 0.5) is 5.69 Å². The molecule has 4 nitrogen and oxygen atoms in total. The molecular formula is C23H22ClN3OS. The fourth-order valence-corrected chi connectivity index (χ4v) is 4.07. The summed E-state index contributed by atoms with van der Waals surface area (Å²) in [5, 5.41) is 2.19. The number of likely N-dealkylation sites (N-methyl/N-ethyl adjacent to an activating group) is 1. The molecule has 1 saturated heterocycles. The lowest BCUT2D eigenvalue weighted by Crippen LogP contribution is -2.31. The van der Waals surface area contributed by atoms with E-state index in [1.54, 1.807) is 34.1 Å². The fraction of sp³-hybridized carbons (Fsp3) is 0.217. The summed E-state index contributed by atoms with van der Waals surface area (Å²) < 4.78 is 2.25. The normalized spacial score (nSPS) is 16.1. The van der Waals surface area contributed by atoms with Crippen molar-refractivity contribution < 1.29 is 4.79 Å². The minimum atomic E-state index is -0.138. The maximum absolute atomic E-state index is 13.2. The van der Waals surface area contributed by atoms with E-state index in [1.807, 2.05) is 25.3 Å². The molecule has 0 radical (unpaired) electrons. The molecule has 0 aliphatic carbocycles. The molecule has 148 valence electrons. The summed E-state index contributed by atoms with van der Waals surface area (Å²) in [4.78, 5) is 16.5. The van der Waals surface area contributed by atoms with Gasteiger partial charge in [-0.05, 0) is 54.5 Å². The van der Waals surface area contributed by atoms with Gasteiger partial charge in [-0.25, -0.2) is 0 Å². The van der Waals surface area contributed by atoms with E-state index in [1.165, 1.54) is 5.52 Å². The lowest BCUT2D eigenvalue weighted by molar-refractivity contribution is -0.114. The minimum absolute atomic E-state index is 0.138. The SMILES string of the molecule is CC(C)Cn1cc(/C=C2/C(=O)N(c3ccc(Cl)cc3)C(=S)N2C)c2ccccc21. The van der Waals surface area contributed by atoms with Crippen LogP contribution in [0.1, 0.15) is 19.4 Å². The van der Waals surface area contributed by atoms with E-state index in [9.17, 15) is 4.79 Å². The predicted molar refractivity (Wildman–Crippen MR) is 124 cm³/mol. The van der Waals surface area contributed by atoms with Gasteiger partial charge in [0.05, 0.1) is 5.69 Å². The number of aromatic nitrogens is 1. The first kappa shape index (κ1) is 19.7. The first-order valence-corrected chi connectivity index (χ1v) is 10.3. The number of halogens is 1. The Morgan fingerprint density at radius 2 is 1.79 bits per heavy atom. The Morgan fingerprint density at radius 3 is 2.48 bits per heavy atom. The van der Waals surface area contributed by atoms with Crippen LogP contribution in [0, 0.1) is 5.92 Å². The first-order chi connectivity index (χ1) is 13.9. The molecule has 1 amide bonds. The number of fused-ring (bicyclic) bond motifs is 1. The van der Waals surface area contributed by atoms with E-state index >= 15 is 0 Å². The summed E-state index contributed by atoms with van der Waals surface area (Å²) in [5.74, 6) is 0.385. The lowest BCUT2D eigenvalue weighted by atomic mass is 10.1. The number of nitrogens with zero attached hydrogens (tertiary/aromatic N) is 3. The molecule has 0 unspecified atom stereocenters. The highest BCUT2D eigenvalue weighted by atomic mass is 35.5. The zero-order chi connectivity index (χ0) is 20.7. The van der Waals surface area contributed by atoms with Gasteiger partial charge in [-0.1, -0.05) is 43.6 Å². The van der Waals surface area contributed by atoms with Crippen LogP contribution < -0.4 is 4.90 Å². The third kappa shape index (κ3) is 3.56. The van der Waals surface area contributed by atoms with Crippen LogP contribution in [0.25, 0.3) is 17.0 Å². The molecule has 29 heavy (non-hydrogen) atoms. The number of hydrogen-bond acceptors (Lipinski definition) is 2. The second-order valence-electron chi connectivity index (χ2n) is 7.64. The van der Waals surface area contributed by atoms with Gasteiger partial charge in [0, 0.05) is 41.3 Å². The fourth-order valence-electron chi connectivity index (χ4n) is 3.66. The number of carbonyl (C=O) groups is 1. The average Bonchev–Trinajstić information content (AvgIpc) is 3.13. The first-order valence-electron chi connectivity index (χ1n) is 9.54. The Balaban J connectivity index is 1.77. The van der Waals surface area contributed by atoms with Gasteiger partial charge in [0.25, 0.3) is 5.91 Å². The summed E-state index contributed by atoms with van der Waals surface area (Å²) in [5.41, 5.74) is 3.44. The van der Waals surface area contributed by atoms with Gasteiger partial charge in [-0.15, -0.1) is 0 Å². The average molecular weight is 424 g/mol. The number of benzene rings is 2. The quantitative estimate of drug-likeness (QED) is 0.406. The van der Waals surface area contributed by atoms with E-state index in [2.05, 4.69) is 36.7 Å². The summed E-state index contributed by atoms with van der Waals surface area (Å²) in [7, 11) is 1.83. The molecule has 0 saturated carbocycles. The van der Waals surface area contributed by atoms with Crippen molar-refractivity contribution in [3.8, 4) is 0 Å². The van der Waals surface area contributed by atoms with E-state index < -0.39 is 0 Å². The van der Waals surface area contributed by atoms with Crippen molar-refractivity contribution in [2.24, 2.45) is 5.92 Å². The molecule has 4 rings (SSSR count). The van der Waals surface area contributed by atoms with E-state index in [-0.39, 0.29) is 5.91 Å². The maximum Gasteiger partial charge on any atom is 0.281 e. The standard InChI is InChI=1S/C23H22ClN3OS/c1-15(2)13-26-14-16(19-6-4-5-7-20(19)26)12-21-22(28)27(23(29)25(21)3)18-10-8-17(24)9-11-18/h4-12,14-15H,13H2,1-3H3/b21-12-. The molecule has 6 heteroatoms. The molecule has 3 aromatic rings. The van der Waals surface area contributed by atoms with Gasteiger partial charge in [0.1, 0.15) is 5.70 Å².